The summed E-state index contributed by atoms with van der Waals surface area (Å²) in [6.45, 7) is 0. The van der Waals surface area contributed by atoms with E-state index in [-0.39, 0.29) is 157 Å². The van der Waals surface area contributed by atoms with E-state index in [1.165, 1.54) is 0 Å². The van der Waals surface area contributed by atoms with E-state index in [2.05, 4.69) is 9.47 Å². The molecule has 0 aromatic rings. The third-order valence-corrected chi connectivity index (χ3v) is 0.341. The first-order valence-corrected chi connectivity index (χ1v) is 1.88. The quantitative estimate of drug-likeness (QED) is 0.224. The van der Waals surface area contributed by atoms with Crippen molar-refractivity contribution in [2.45, 2.75) is 0 Å². The van der Waals surface area contributed by atoms with Gasteiger partial charge in [-0.1, -0.05) is 0 Å². The monoisotopic (exact) mass is 478 g/mol. The molecule has 0 amide bonds. The van der Waals surface area contributed by atoms with Gasteiger partial charge in [0.25, 0.3) is 0 Å². The van der Waals surface area contributed by atoms with Gasteiger partial charge in [0.1, 0.15) is 0 Å². The molecule has 0 spiro atoms. The first-order chi connectivity index (χ1) is 4.52. The summed E-state index contributed by atoms with van der Waals surface area (Å²) < 4.78 is 6.47. The number of ether oxygens (including phenoxy) is 2. The molecule has 0 fully saturated rings. The average molecular weight is 477 g/mol. The molecule has 0 aromatic heterocycles. The molecular weight excluding hydrogens is 469 g/mol. The van der Waals surface area contributed by atoms with Gasteiger partial charge in [-0.2, -0.15) is 0 Å². The minimum absolute atomic E-state index is 0. The third-order valence-electron chi connectivity index (χ3n) is 0.341. The van der Waals surface area contributed by atoms with Crippen molar-refractivity contribution in [1.82, 2.24) is 0 Å². The number of carbonyl (C=O) groups is 3. The van der Waals surface area contributed by atoms with Crippen LogP contribution in [0.1, 0.15) is 0 Å². The summed E-state index contributed by atoms with van der Waals surface area (Å²) in [4.78, 5) is 28.8. The van der Waals surface area contributed by atoms with Crippen LogP contribution in [0.3, 0.4) is 0 Å². The van der Waals surface area contributed by atoms with E-state index in [1.54, 1.807) is 0 Å². The molecule has 0 aliphatic heterocycles. The SMILES string of the molecule is O=C(O)OC(=O)OC(=O)O.[BaH2].[BaH2].[NaH].[NaH]. The second-order valence-electron chi connectivity index (χ2n) is 0.986. The molecule has 0 bridgehead atoms. The van der Waals surface area contributed by atoms with Crippen molar-refractivity contribution in [2.75, 3.05) is 0 Å². The molecule has 0 heterocycles. The Hall–Kier alpha value is 3.35. The Labute approximate surface area is 204 Å². The van der Waals surface area contributed by atoms with Crippen LogP contribution in [0.15, 0.2) is 0 Å². The van der Waals surface area contributed by atoms with Crippen LogP contribution in [-0.2, 0) is 9.47 Å². The number of carboxylic acid groups (broad SMARTS) is 2. The fourth-order valence-electron chi connectivity index (χ4n) is 0.163. The molecule has 68 valence electrons. The molecule has 0 radical (unpaired) electrons. The van der Waals surface area contributed by atoms with Crippen LogP contribution in [0, 0.1) is 0 Å². The molecule has 0 rings (SSSR count). The molecule has 0 saturated heterocycles. The van der Waals surface area contributed by atoms with E-state index in [1.807, 2.05) is 0 Å². The molecule has 0 aromatic carbocycles. The maximum atomic E-state index is 9.86. The van der Waals surface area contributed by atoms with E-state index in [0.717, 1.165) is 0 Å². The number of hydrogen-bond donors (Lipinski definition) is 2. The minimum atomic E-state index is -1.92. The van der Waals surface area contributed by atoms with E-state index >= 15 is 0 Å². The van der Waals surface area contributed by atoms with E-state index in [4.69, 9.17) is 10.2 Å². The van der Waals surface area contributed by atoms with Crippen molar-refractivity contribution in [3.05, 3.63) is 0 Å². The Morgan fingerprint density at radius 2 is 1.00 bits per heavy atom. The van der Waals surface area contributed by atoms with Gasteiger partial charge in [-0.05, 0) is 0 Å². The van der Waals surface area contributed by atoms with Crippen LogP contribution >= 0.6 is 0 Å². The summed E-state index contributed by atoms with van der Waals surface area (Å²) in [5, 5.41) is 15.4. The second kappa shape index (κ2) is 18.7. The fraction of sp³-hybridized carbons (Fsp3) is 0. The van der Waals surface area contributed by atoms with E-state index in [9.17, 15) is 14.4 Å². The summed E-state index contributed by atoms with van der Waals surface area (Å²) >= 11 is 0. The first-order valence-electron chi connectivity index (χ1n) is 1.88. The number of hydrogen-bond acceptors (Lipinski definition) is 5. The molecule has 0 unspecified atom stereocenters. The third kappa shape index (κ3) is 24.5. The molecule has 14 heavy (non-hydrogen) atoms. The van der Waals surface area contributed by atoms with Gasteiger partial charge in [0.15, 0.2) is 0 Å². The van der Waals surface area contributed by atoms with Gasteiger partial charge in [0.2, 0.25) is 0 Å². The zero-order valence-electron chi connectivity index (χ0n) is 4.44. The van der Waals surface area contributed by atoms with E-state index < -0.39 is 18.5 Å². The Balaban J connectivity index is -0.0000000675. The molecule has 11 heteroatoms. The van der Waals surface area contributed by atoms with Gasteiger partial charge in [-0.25, -0.2) is 14.4 Å². The van der Waals surface area contributed by atoms with Crippen LogP contribution in [0.2, 0.25) is 0 Å². The van der Waals surface area contributed by atoms with Gasteiger partial charge >= 0.3 is 175 Å². The van der Waals surface area contributed by atoms with Crippen LogP contribution in [0.25, 0.3) is 0 Å². The van der Waals surface area contributed by atoms with Gasteiger partial charge < -0.3 is 19.7 Å². The van der Waals surface area contributed by atoms with Crippen LogP contribution in [0.4, 0.5) is 14.4 Å². The summed E-state index contributed by atoms with van der Waals surface area (Å²) in [5.74, 6) is 0. The predicted molar refractivity (Wildman–Crippen MR) is 55.0 cm³/mol. The standard InChI is InChI=1S/C3H2O7.2Ba.2Na.6H/c4-1(5)9-3(8)10-2(6)7;;;;;;;;;;/h(H,4,5)(H,6,7);;;;;;;;;;. The number of rotatable bonds is 0. The van der Waals surface area contributed by atoms with Gasteiger partial charge in [0.05, 0.1) is 0 Å². The summed E-state index contributed by atoms with van der Waals surface area (Å²) in [5.41, 5.74) is 0. The summed E-state index contributed by atoms with van der Waals surface area (Å²) in [6.07, 6.45) is -5.64. The Kier molecular flexibility index (Phi) is 40.6. The number of carbonyl (C=O) groups excluding carboxylic acids is 1. The van der Waals surface area contributed by atoms with Crippen molar-refractivity contribution in [2.24, 2.45) is 0 Å². The van der Waals surface area contributed by atoms with Crippen molar-refractivity contribution >= 4 is 175 Å². The second-order valence-corrected chi connectivity index (χ2v) is 0.986. The normalized spacial score (nSPS) is 5.71. The summed E-state index contributed by atoms with van der Waals surface area (Å²) in [6, 6.07) is 0. The van der Waals surface area contributed by atoms with Gasteiger partial charge in [-0.3, -0.25) is 0 Å². The van der Waals surface area contributed by atoms with Crippen molar-refractivity contribution in [3.63, 3.8) is 0 Å². The molecular formula is C3H8Ba2Na2O7. The maximum absolute atomic E-state index is 9.86. The Morgan fingerprint density at radius 3 is 1.14 bits per heavy atom. The zero-order chi connectivity index (χ0) is 8.15. The summed E-state index contributed by atoms with van der Waals surface area (Å²) in [7, 11) is 0. The van der Waals surface area contributed by atoms with E-state index in [0.29, 0.717) is 0 Å². The topological polar surface area (TPSA) is 110 Å². The molecule has 0 aliphatic rings. The fourth-order valence-corrected chi connectivity index (χ4v) is 0.163. The van der Waals surface area contributed by atoms with Crippen molar-refractivity contribution < 1.29 is 34.1 Å². The van der Waals surface area contributed by atoms with Crippen molar-refractivity contribution in [1.29, 1.82) is 0 Å². The zero-order valence-corrected chi connectivity index (χ0v) is 4.44. The molecule has 2 N–H and O–H groups in total. The Morgan fingerprint density at radius 1 is 0.786 bits per heavy atom. The van der Waals surface area contributed by atoms with Gasteiger partial charge in [-0.15, -0.1) is 0 Å². The van der Waals surface area contributed by atoms with Gasteiger partial charge in [0, 0.05) is 0 Å². The Bertz CT molecular complexity index is 168. The molecule has 7 nitrogen and oxygen atoms in total. The first kappa shape index (κ1) is 30.4. The van der Waals surface area contributed by atoms with Crippen LogP contribution in [-0.4, -0.2) is 186 Å². The van der Waals surface area contributed by atoms with Crippen molar-refractivity contribution in [3.8, 4) is 0 Å². The molecule has 0 atom stereocenters. The average Bonchev–Trinajstić information content (AvgIpc) is 1.58. The molecule has 0 saturated carbocycles. The van der Waals surface area contributed by atoms with Crippen LogP contribution < -0.4 is 0 Å². The predicted octanol–water partition coefficient (Wildman–Crippen LogP) is -2.63. The van der Waals surface area contributed by atoms with Crippen LogP contribution in [0.5, 0.6) is 0 Å². The molecule has 0 aliphatic carbocycles.